The number of benzene rings is 2. The van der Waals surface area contributed by atoms with Gasteiger partial charge >= 0.3 is 5.97 Å². The van der Waals surface area contributed by atoms with Crippen LogP contribution in [0.1, 0.15) is 55.3 Å². The maximum Gasteiger partial charge on any atom is 0.306 e. The molecule has 0 amide bonds. The van der Waals surface area contributed by atoms with Crippen LogP contribution in [0.3, 0.4) is 0 Å². The average molecular weight is 372 g/mol. The number of carbonyl (C=O) groups is 1. The molecule has 1 saturated heterocycles. The number of nitrogens with zero attached hydrogens (tertiary/aromatic N) is 1. The molecular formula is C22H26ClNO2. The van der Waals surface area contributed by atoms with Crippen molar-refractivity contribution in [1.29, 1.82) is 0 Å². The highest BCUT2D eigenvalue weighted by Crippen LogP contribution is 2.34. The van der Waals surface area contributed by atoms with Gasteiger partial charge in [-0.05, 0) is 60.7 Å². The Morgan fingerprint density at radius 1 is 1.04 bits per heavy atom. The summed E-state index contributed by atoms with van der Waals surface area (Å²) in [6.07, 6.45) is 1.38. The summed E-state index contributed by atoms with van der Waals surface area (Å²) in [6.45, 7) is 5.94. The summed E-state index contributed by atoms with van der Waals surface area (Å²) in [5, 5.41) is 10.0. The monoisotopic (exact) mass is 371 g/mol. The fourth-order valence-corrected chi connectivity index (χ4v) is 3.96. The highest BCUT2D eigenvalue weighted by atomic mass is 35.5. The molecule has 138 valence electrons. The zero-order valence-corrected chi connectivity index (χ0v) is 16.1. The van der Waals surface area contributed by atoms with E-state index in [2.05, 4.69) is 49.1 Å². The molecule has 1 fully saturated rings. The first-order chi connectivity index (χ1) is 12.5. The van der Waals surface area contributed by atoms with Crippen LogP contribution in [0.4, 0.5) is 0 Å². The topological polar surface area (TPSA) is 40.5 Å². The largest absolute Gasteiger partial charge is 0.481 e. The van der Waals surface area contributed by atoms with Gasteiger partial charge in [0, 0.05) is 5.02 Å². The van der Waals surface area contributed by atoms with E-state index in [1.54, 1.807) is 0 Å². The molecule has 1 N–H and O–H groups in total. The van der Waals surface area contributed by atoms with E-state index in [1.807, 2.05) is 18.2 Å². The normalized spacial score (nSPS) is 17.4. The number of aliphatic carboxylic acids is 1. The Hall–Kier alpha value is -1.84. The molecule has 1 aliphatic rings. The predicted molar refractivity (Wildman–Crippen MR) is 106 cm³/mol. The van der Waals surface area contributed by atoms with E-state index < -0.39 is 5.97 Å². The van der Waals surface area contributed by atoms with Crippen LogP contribution in [-0.2, 0) is 4.79 Å². The summed E-state index contributed by atoms with van der Waals surface area (Å²) in [5.74, 6) is -0.403. The Morgan fingerprint density at radius 2 is 1.65 bits per heavy atom. The maximum absolute atomic E-state index is 11.3. The van der Waals surface area contributed by atoms with Crippen molar-refractivity contribution in [3.05, 3.63) is 70.2 Å². The number of piperidine rings is 1. The summed E-state index contributed by atoms with van der Waals surface area (Å²) in [7, 11) is 0. The second-order valence-electron chi connectivity index (χ2n) is 7.43. The lowest BCUT2D eigenvalue weighted by Gasteiger charge is -2.37. The number of likely N-dealkylation sites (tertiary alicyclic amines) is 1. The predicted octanol–water partition coefficient (Wildman–Crippen LogP) is 5.35. The minimum Gasteiger partial charge on any atom is -0.481 e. The third-order valence-electron chi connectivity index (χ3n) is 5.33. The molecule has 2 aromatic rings. The minimum atomic E-state index is -0.676. The molecule has 0 bridgehead atoms. The molecule has 0 spiro atoms. The third kappa shape index (κ3) is 4.28. The summed E-state index contributed by atoms with van der Waals surface area (Å²) in [5.41, 5.74) is 3.71. The van der Waals surface area contributed by atoms with Gasteiger partial charge in [-0.25, -0.2) is 0 Å². The van der Waals surface area contributed by atoms with E-state index >= 15 is 0 Å². The molecule has 1 atom stereocenters. The van der Waals surface area contributed by atoms with Gasteiger partial charge in [-0.15, -0.1) is 0 Å². The Balaban J connectivity index is 1.91. The molecule has 1 unspecified atom stereocenters. The minimum absolute atomic E-state index is 0.102. The van der Waals surface area contributed by atoms with Gasteiger partial charge in [0.2, 0.25) is 0 Å². The third-order valence-corrected chi connectivity index (χ3v) is 5.56. The first-order valence-corrected chi connectivity index (χ1v) is 9.65. The standard InChI is InChI=1S/C22H26ClNO2/c1-15(2)16-6-8-17(9-7-16)21(19-4-3-5-20(23)14-19)24-12-10-18(11-13-24)22(25)26/h3-9,14-15,18,21H,10-13H2,1-2H3,(H,25,26). The number of carboxylic acid groups (broad SMARTS) is 1. The van der Waals surface area contributed by atoms with Crippen LogP contribution in [-0.4, -0.2) is 29.1 Å². The van der Waals surface area contributed by atoms with Gasteiger partial charge in [-0.1, -0.05) is 61.8 Å². The van der Waals surface area contributed by atoms with Gasteiger partial charge in [-0.3, -0.25) is 9.69 Å². The molecule has 1 aliphatic heterocycles. The van der Waals surface area contributed by atoms with Crippen molar-refractivity contribution >= 4 is 17.6 Å². The first-order valence-electron chi connectivity index (χ1n) is 9.28. The average Bonchev–Trinajstić information content (AvgIpc) is 2.63. The van der Waals surface area contributed by atoms with E-state index in [-0.39, 0.29) is 12.0 Å². The molecule has 0 aromatic heterocycles. The zero-order chi connectivity index (χ0) is 18.7. The lowest BCUT2D eigenvalue weighted by atomic mass is 9.90. The lowest BCUT2D eigenvalue weighted by Crippen LogP contribution is -2.39. The molecule has 3 rings (SSSR count). The SMILES string of the molecule is CC(C)c1ccc(C(c2cccc(Cl)c2)N2CCC(C(=O)O)CC2)cc1. The van der Waals surface area contributed by atoms with Gasteiger partial charge in [0.25, 0.3) is 0 Å². The van der Waals surface area contributed by atoms with E-state index in [1.165, 1.54) is 11.1 Å². The number of carboxylic acids is 1. The number of halogens is 1. The van der Waals surface area contributed by atoms with Crippen LogP contribution in [0.2, 0.25) is 5.02 Å². The molecule has 4 heteroatoms. The van der Waals surface area contributed by atoms with E-state index in [9.17, 15) is 9.90 Å². The van der Waals surface area contributed by atoms with Gasteiger partial charge in [-0.2, -0.15) is 0 Å². The fourth-order valence-electron chi connectivity index (χ4n) is 3.76. The molecule has 26 heavy (non-hydrogen) atoms. The summed E-state index contributed by atoms with van der Waals surface area (Å²) >= 11 is 6.25. The smallest absolute Gasteiger partial charge is 0.306 e. The first kappa shape index (κ1) is 18.9. The number of rotatable bonds is 5. The number of hydrogen-bond acceptors (Lipinski definition) is 2. The second-order valence-corrected chi connectivity index (χ2v) is 7.86. The van der Waals surface area contributed by atoms with Crippen molar-refractivity contribution in [3.63, 3.8) is 0 Å². The van der Waals surface area contributed by atoms with Crippen molar-refractivity contribution < 1.29 is 9.90 Å². The Morgan fingerprint density at radius 3 is 2.19 bits per heavy atom. The summed E-state index contributed by atoms with van der Waals surface area (Å²) in [4.78, 5) is 13.7. The number of hydrogen-bond donors (Lipinski definition) is 1. The highest BCUT2D eigenvalue weighted by Gasteiger charge is 2.30. The molecule has 2 aromatic carbocycles. The lowest BCUT2D eigenvalue weighted by molar-refractivity contribution is -0.143. The van der Waals surface area contributed by atoms with Gasteiger partial charge in [0.05, 0.1) is 12.0 Å². The highest BCUT2D eigenvalue weighted by molar-refractivity contribution is 6.30. The van der Waals surface area contributed by atoms with E-state index in [0.29, 0.717) is 18.8 Å². The molecule has 0 aliphatic carbocycles. The van der Waals surface area contributed by atoms with Crippen LogP contribution < -0.4 is 0 Å². The maximum atomic E-state index is 11.3. The van der Waals surface area contributed by atoms with Crippen LogP contribution >= 0.6 is 11.6 Å². The Labute approximate surface area is 160 Å². The van der Waals surface area contributed by atoms with Crippen molar-refractivity contribution in [2.24, 2.45) is 5.92 Å². The second kappa shape index (κ2) is 8.24. The van der Waals surface area contributed by atoms with E-state index in [0.717, 1.165) is 23.7 Å². The van der Waals surface area contributed by atoms with Crippen molar-refractivity contribution in [3.8, 4) is 0 Å². The quantitative estimate of drug-likeness (QED) is 0.770. The van der Waals surface area contributed by atoms with Crippen LogP contribution in [0.25, 0.3) is 0 Å². The van der Waals surface area contributed by atoms with Crippen LogP contribution in [0.5, 0.6) is 0 Å². The fraction of sp³-hybridized carbons (Fsp3) is 0.409. The molecule has 1 heterocycles. The van der Waals surface area contributed by atoms with Gasteiger partial charge < -0.3 is 5.11 Å². The molecule has 0 radical (unpaired) electrons. The van der Waals surface area contributed by atoms with Crippen LogP contribution in [0, 0.1) is 5.92 Å². The summed E-state index contributed by atoms with van der Waals surface area (Å²) in [6, 6.07) is 16.9. The molecule has 3 nitrogen and oxygen atoms in total. The van der Waals surface area contributed by atoms with Crippen LogP contribution in [0.15, 0.2) is 48.5 Å². The molecular weight excluding hydrogens is 346 g/mol. The van der Waals surface area contributed by atoms with E-state index in [4.69, 9.17) is 11.6 Å². The Kier molecular flexibility index (Phi) is 6.00. The van der Waals surface area contributed by atoms with Gasteiger partial charge in [0.15, 0.2) is 0 Å². The Bertz CT molecular complexity index is 749. The van der Waals surface area contributed by atoms with Gasteiger partial charge in [0.1, 0.15) is 0 Å². The van der Waals surface area contributed by atoms with Crippen molar-refractivity contribution in [2.75, 3.05) is 13.1 Å². The molecule has 0 saturated carbocycles. The summed E-state index contributed by atoms with van der Waals surface area (Å²) < 4.78 is 0. The zero-order valence-electron chi connectivity index (χ0n) is 15.4. The van der Waals surface area contributed by atoms with Crippen molar-refractivity contribution in [1.82, 2.24) is 4.90 Å². The van der Waals surface area contributed by atoms with Crippen molar-refractivity contribution in [2.45, 2.75) is 38.6 Å².